The first-order valence-corrected chi connectivity index (χ1v) is 6.23. The molecule has 0 atom stereocenters. The fourth-order valence-electron chi connectivity index (χ4n) is 1.52. The Balaban J connectivity index is 0.000000361. The number of aryl methyl sites for hydroxylation is 2. The lowest BCUT2D eigenvalue weighted by atomic mass is 10.1. The first-order chi connectivity index (χ1) is 9.10. The normalized spacial score (nSPS) is 10.1. The van der Waals surface area contributed by atoms with E-state index in [2.05, 4.69) is 18.3 Å². The highest BCUT2D eigenvalue weighted by Crippen LogP contribution is 2.17. The number of rotatable bonds is 3. The van der Waals surface area contributed by atoms with E-state index in [1.165, 1.54) is 31.9 Å². The SMILES string of the molecule is CC(=O)NC(C)(C)C(=O)O.COc1ccc(C)cc1C. The highest BCUT2D eigenvalue weighted by atomic mass is 16.5. The molecule has 0 radical (unpaired) electrons. The zero-order chi connectivity index (χ0) is 15.9. The maximum atomic E-state index is 10.4. The Kier molecular flexibility index (Phi) is 6.76. The summed E-state index contributed by atoms with van der Waals surface area (Å²) in [6.07, 6.45) is 0. The molecule has 0 saturated carbocycles. The number of amides is 1. The molecule has 20 heavy (non-hydrogen) atoms. The van der Waals surface area contributed by atoms with Gasteiger partial charge < -0.3 is 15.2 Å². The van der Waals surface area contributed by atoms with Gasteiger partial charge in [-0.2, -0.15) is 0 Å². The van der Waals surface area contributed by atoms with Gasteiger partial charge in [0.05, 0.1) is 7.11 Å². The maximum Gasteiger partial charge on any atom is 0.328 e. The van der Waals surface area contributed by atoms with Crippen molar-refractivity contribution in [2.75, 3.05) is 7.11 Å². The van der Waals surface area contributed by atoms with E-state index in [9.17, 15) is 9.59 Å². The molecule has 0 aromatic heterocycles. The molecule has 0 spiro atoms. The second-order valence-corrected chi connectivity index (χ2v) is 5.08. The first kappa shape index (κ1) is 18.0. The molecule has 0 heterocycles. The van der Waals surface area contributed by atoms with Gasteiger partial charge in [-0.3, -0.25) is 4.79 Å². The fourth-order valence-corrected chi connectivity index (χ4v) is 1.52. The van der Waals surface area contributed by atoms with Crippen LogP contribution in [0, 0.1) is 13.8 Å². The zero-order valence-electron chi connectivity index (χ0n) is 12.9. The predicted octanol–water partition coefficient (Wildman–Crippen LogP) is 2.30. The molecule has 0 unspecified atom stereocenters. The van der Waals surface area contributed by atoms with Gasteiger partial charge in [0.2, 0.25) is 5.91 Å². The standard InChI is InChI=1S/C9H12O.C6H11NO3/c1-7-4-5-9(10-3)8(2)6-7;1-4(8)7-6(2,3)5(9)10/h4-6H,1-3H3;1-3H3,(H,7,8)(H,9,10). The van der Waals surface area contributed by atoms with Crippen LogP contribution in [0.4, 0.5) is 0 Å². The van der Waals surface area contributed by atoms with Crippen molar-refractivity contribution in [3.8, 4) is 5.75 Å². The number of carbonyl (C=O) groups excluding carboxylic acids is 1. The molecule has 0 aliphatic carbocycles. The smallest absolute Gasteiger partial charge is 0.328 e. The first-order valence-electron chi connectivity index (χ1n) is 6.23. The number of carbonyl (C=O) groups is 2. The summed E-state index contributed by atoms with van der Waals surface area (Å²) in [4.78, 5) is 20.7. The van der Waals surface area contributed by atoms with E-state index >= 15 is 0 Å². The Morgan fingerprint density at radius 2 is 1.80 bits per heavy atom. The van der Waals surface area contributed by atoms with Crippen LogP contribution in [0.3, 0.4) is 0 Å². The monoisotopic (exact) mass is 281 g/mol. The number of benzene rings is 1. The van der Waals surface area contributed by atoms with Crippen LogP contribution in [-0.2, 0) is 9.59 Å². The quantitative estimate of drug-likeness (QED) is 0.891. The van der Waals surface area contributed by atoms with E-state index in [0.717, 1.165) is 5.75 Å². The summed E-state index contributed by atoms with van der Waals surface area (Å²) in [5.41, 5.74) is 1.31. The van der Waals surface area contributed by atoms with Crippen molar-refractivity contribution >= 4 is 11.9 Å². The van der Waals surface area contributed by atoms with Gasteiger partial charge in [0.25, 0.3) is 0 Å². The Morgan fingerprint density at radius 3 is 2.10 bits per heavy atom. The molecule has 112 valence electrons. The molecule has 1 aromatic carbocycles. The maximum absolute atomic E-state index is 10.4. The van der Waals surface area contributed by atoms with Crippen LogP contribution in [-0.4, -0.2) is 29.6 Å². The highest BCUT2D eigenvalue weighted by molar-refractivity contribution is 5.85. The van der Waals surface area contributed by atoms with E-state index < -0.39 is 11.5 Å². The number of hydrogen-bond donors (Lipinski definition) is 2. The molecule has 2 N–H and O–H groups in total. The minimum atomic E-state index is -1.16. The number of nitrogens with one attached hydrogen (secondary N) is 1. The average molecular weight is 281 g/mol. The lowest BCUT2D eigenvalue weighted by molar-refractivity contribution is -0.145. The third-order valence-electron chi connectivity index (χ3n) is 2.57. The summed E-state index contributed by atoms with van der Waals surface area (Å²) in [6.45, 7) is 8.26. The summed E-state index contributed by atoms with van der Waals surface area (Å²) in [7, 11) is 1.69. The molecular formula is C15H23NO4. The van der Waals surface area contributed by atoms with Crippen LogP contribution in [0.2, 0.25) is 0 Å². The van der Waals surface area contributed by atoms with Gasteiger partial charge in [0, 0.05) is 6.92 Å². The van der Waals surface area contributed by atoms with Crippen molar-refractivity contribution in [1.29, 1.82) is 0 Å². The Labute approximate surface area is 120 Å². The van der Waals surface area contributed by atoms with E-state index in [1.54, 1.807) is 7.11 Å². The second-order valence-electron chi connectivity index (χ2n) is 5.08. The van der Waals surface area contributed by atoms with E-state index in [0.29, 0.717) is 0 Å². The lowest BCUT2D eigenvalue weighted by Gasteiger charge is -2.19. The summed E-state index contributed by atoms with van der Waals surface area (Å²) in [6, 6.07) is 6.15. The molecule has 1 rings (SSSR count). The average Bonchev–Trinajstić information content (AvgIpc) is 2.28. The molecule has 1 aromatic rings. The molecule has 0 bridgehead atoms. The lowest BCUT2D eigenvalue weighted by Crippen LogP contribution is -2.48. The molecule has 1 amide bonds. The van der Waals surface area contributed by atoms with Crippen molar-refractivity contribution in [2.45, 2.75) is 40.2 Å². The molecule has 5 nitrogen and oxygen atoms in total. The van der Waals surface area contributed by atoms with Gasteiger partial charge in [0.15, 0.2) is 0 Å². The van der Waals surface area contributed by atoms with Crippen molar-refractivity contribution in [3.05, 3.63) is 29.3 Å². The Hall–Kier alpha value is -2.04. The van der Waals surface area contributed by atoms with Gasteiger partial charge in [-0.15, -0.1) is 0 Å². The second kappa shape index (κ2) is 7.53. The fraction of sp³-hybridized carbons (Fsp3) is 0.467. The largest absolute Gasteiger partial charge is 0.496 e. The number of aliphatic carboxylic acids is 1. The van der Waals surface area contributed by atoms with Gasteiger partial charge in [-0.25, -0.2) is 4.79 Å². The number of methoxy groups -OCH3 is 1. The predicted molar refractivity (Wildman–Crippen MR) is 78.0 cm³/mol. The van der Waals surface area contributed by atoms with Crippen molar-refractivity contribution in [3.63, 3.8) is 0 Å². The Bertz CT molecular complexity index is 481. The van der Waals surface area contributed by atoms with Crippen LogP contribution >= 0.6 is 0 Å². The van der Waals surface area contributed by atoms with Crippen LogP contribution < -0.4 is 10.1 Å². The zero-order valence-corrected chi connectivity index (χ0v) is 12.9. The van der Waals surface area contributed by atoms with Crippen LogP contribution in [0.15, 0.2) is 18.2 Å². The Morgan fingerprint density at radius 1 is 1.25 bits per heavy atom. The van der Waals surface area contributed by atoms with E-state index in [1.807, 2.05) is 19.1 Å². The third kappa shape index (κ3) is 6.22. The van der Waals surface area contributed by atoms with Crippen LogP contribution in [0.25, 0.3) is 0 Å². The highest BCUT2D eigenvalue weighted by Gasteiger charge is 2.27. The third-order valence-corrected chi connectivity index (χ3v) is 2.57. The minimum absolute atomic E-state index is 0.340. The van der Waals surface area contributed by atoms with Crippen molar-refractivity contribution in [1.82, 2.24) is 5.32 Å². The van der Waals surface area contributed by atoms with Crippen LogP contribution in [0.1, 0.15) is 31.9 Å². The number of hydrogen-bond acceptors (Lipinski definition) is 3. The van der Waals surface area contributed by atoms with E-state index in [-0.39, 0.29) is 5.91 Å². The number of carboxylic acid groups (broad SMARTS) is 1. The van der Waals surface area contributed by atoms with Gasteiger partial charge >= 0.3 is 5.97 Å². The van der Waals surface area contributed by atoms with Crippen molar-refractivity contribution < 1.29 is 19.4 Å². The molecule has 0 aliphatic heterocycles. The number of ether oxygens (including phenoxy) is 1. The summed E-state index contributed by atoms with van der Waals surface area (Å²) < 4.78 is 5.10. The van der Waals surface area contributed by atoms with E-state index in [4.69, 9.17) is 9.84 Å². The van der Waals surface area contributed by atoms with Gasteiger partial charge in [0.1, 0.15) is 11.3 Å². The van der Waals surface area contributed by atoms with Crippen LogP contribution in [0.5, 0.6) is 5.75 Å². The van der Waals surface area contributed by atoms with Gasteiger partial charge in [-0.05, 0) is 39.3 Å². The minimum Gasteiger partial charge on any atom is -0.496 e. The summed E-state index contributed by atoms with van der Waals surface area (Å²) in [5.74, 6) is -0.416. The summed E-state index contributed by atoms with van der Waals surface area (Å²) >= 11 is 0. The van der Waals surface area contributed by atoms with Crippen molar-refractivity contribution in [2.24, 2.45) is 0 Å². The summed E-state index contributed by atoms with van der Waals surface area (Å²) in [5, 5.41) is 10.8. The molecule has 0 fully saturated rings. The molecule has 0 aliphatic rings. The van der Waals surface area contributed by atoms with Gasteiger partial charge in [-0.1, -0.05) is 17.7 Å². The topological polar surface area (TPSA) is 75.6 Å². The number of carboxylic acids is 1. The molecule has 5 heteroatoms. The molecule has 0 saturated heterocycles. The molecular weight excluding hydrogens is 258 g/mol.